The van der Waals surface area contributed by atoms with E-state index in [0.29, 0.717) is 38.8 Å². The highest BCUT2D eigenvalue weighted by atomic mass is 19.4. The molecule has 2 aliphatic heterocycles. The number of likely N-dealkylation sites (N-methyl/N-ethyl adjacent to an activating group) is 8. The van der Waals surface area contributed by atoms with E-state index in [1.807, 2.05) is 41.5 Å². The van der Waals surface area contributed by atoms with Crippen LogP contribution in [-0.4, -0.2) is 296 Å². The van der Waals surface area contributed by atoms with Gasteiger partial charge in [-0.05, 0) is 141 Å². The fourth-order valence-electron chi connectivity index (χ4n) is 13.1. The van der Waals surface area contributed by atoms with Crippen molar-refractivity contribution in [3.63, 3.8) is 0 Å². The second-order valence-corrected chi connectivity index (χ2v) is 31.9. The molecule has 3 rings (SSSR count). The maximum Gasteiger partial charge on any atom is 0.391 e. The molecule has 0 aromatic heterocycles. The van der Waals surface area contributed by atoms with E-state index in [9.17, 15) is 56.3 Å². The van der Waals surface area contributed by atoms with Gasteiger partial charge in [-0.3, -0.25) is 62.3 Å². The molecule has 594 valence electrons. The minimum atomic E-state index is -4.41. The second-order valence-electron chi connectivity index (χ2n) is 31.9. The van der Waals surface area contributed by atoms with Gasteiger partial charge in [0.2, 0.25) is 76.8 Å². The monoisotopic (exact) mass is 1480 g/mol. The molecule has 28 nitrogen and oxygen atoms in total. The highest BCUT2D eigenvalue weighted by molar-refractivity contribution is 6.00. The van der Waals surface area contributed by atoms with Crippen LogP contribution in [0.2, 0.25) is 0 Å². The predicted molar refractivity (Wildman–Crippen MR) is 385 cm³/mol. The van der Waals surface area contributed by atoms with E-state index in [0.717, 1.165) is 40.7 Å². The smallest absolute Gasteiger partial charge is 0.379 e. The molecule has 0 unspecified atom stereocenters. The summed E-state index contributed by atoms with van der Waals surface area (Å²) in [5.41, 5.74) is -2.65. The molecule has 0 spiro atoms. The zero-order valence-electron chi connectivity index (χ0n) is 66.1. The minimum Gasteiger partial charge on any atom is -0.379 e. The Bertz CT molecular complexity index is 2930. The molecule has 31 heteroatoms. The number of piperidine rings is 1. The fraction of sp³-hybridized carbons (Fsp3) is 0.822. The maximum atomic E-state index is 15.4. The molecule has 3 aliphatic rings. The lowest BCUT2D eigenvalue weighted by atomic mass is 9.79. The van der Waals surface area contributed by atoms with Gasteiger partial charge in [-0.1, -0.05) is 61.8 Å². The third-order valence-corrected chi connectivity index (χ3v) is 20.0. The van der Waals surface area contributed by atoms with Crippen LogP contribution in [0.15, 0.2) is 0 Å². The summed E-state index contributed by atoms with van der Waals surface area (Å²) in [7, 11) is 10.6. The van der Waals surface area contributed by atoms with Crippen molar-refractivity contribution >= 4 is 76.8 Å². The van der Waals surface area contributed by atoms with Crippen molar-refractivity contribution in [3.05, 3.63) is 0 Å². The van der Waals surface area contributed by atoms with E-state index >= 15 is 19.2 Å². The quantitative estimate of drug-likeness (QED) is 0.133. The molecule has 2 saturated heterocycles. The van der Waals surface area contributed by atoms with Gasteiger partial charge in [-0.15, -0.1) is 0 Å². The van der Waals surface area contributed by atoms with Crippen LogP contribution in [0, 0.1) is 35.5 Å². The molecular formula is C73H126F3N13O15. The maximum absolute atomic E-state index is 15.4. The standard InChI is InChI=1S/C73H126F3N13O15/c1-22-48(8)62-69(101)83(16)40-60(93)81(14)41-61(94)85(18)56(43-103-35-32-45(2)3)66(98)82(15)39-57(90)77-51(31-28-49-26-29-50(30-27-49)73(74,75)76)65(97)87(20)55(42-104-44-58(91)79-71(9,10)11)64(96)80-72(12,13)70(102)88(21)53(37-47(6)7)67(99)86(19)54(68(100)89-33-24-23-25-34-89)38-59(92)84(17)52(36-46(4)5)63(95)78-62/h45-56,62H,22-44H2,1-21H3,(H,77,90)(H,78,95)(H,79,91)(H,80,96)/t48-,49?,50?,51-,52-,53-,54-,55-,56-,62-/m0/s1. The van der Waals surface area contributed by atoms with Gasteiger partial charge in [0.1, 0.15) is 54.4 Å². The van der Waals surface area contributed by atoms with Crippen LogP contribution in [0.25, 0.3) is 0 Å². The van der Waals surface area contributed by atoms with Crippen molar-refractivity contribution in [3.8, 4) is 0 Å². The number of carbonyl (C=O) groups is 13. The Kier molecular flexibility index (Phi) is 36.0. The summed E-state index contributed by atoms with van der Waals surface area (Å²) in [6.07, 6.45) is -1.91. The summed E-state index contributed by atoms with van der Waals surface area (Å²) in [5.74, 6) is -12.5. The molecule has 8 atom stereocenters. The predicted octanol–water partition coefficient (Wildman–Crippen LogP) is 4.06. The first-order chi connectivity index (χ1) is 48.1. The summed E-state index contributed by atoms with van der Waals surface area (Å²) in [5, 5.41) is 11.0. The Hall–Kier alpha value is -7.18. The van der Waals surface area contributed by atoms with Crippen molar-refractivity contribution < 1.29 is 85.0 Å². The summed E-state index contributed by atoms with van der Waals surface area (Å²) >= 11 is 0. The highest BCUT2D eigenvalue weighted by Gasteiger charge is 2.46. The van der Waals surface area contributed by atoms with Gasteiger partial charge in [0.05, 0.1) is 45.2 Å². The summed E-state index contributed by atoms with van der Waals surface area (Å²) < 4.78 is 53.5. The Labute approximate surface area is 615 Å². The molecule has 0 bridgehead atoms. The summed E-state index contributed by atoms with van der Waals surface area (Å²) in [6, 6.07) is -9.91. The highest BCUT2D eigenvalue weighted by Crippen LogP contribution is 2.41. The fourth-order valence-corrected chi connectivity index (χ4v) is 13.1. The largest absolute Gasteiger partial charge is 0.391 e. The summed E-state index contributed by atoms with van der Waals surface area (Å²) in [4.78, 5) is 201. The zero-order chi connectivity index (χ0) is 79.2. The molecule has 13 amide bonds. The number of hydrogen-bond acceptors (Lipinski definition) is 15. The van der Waals surface area contributed by atoms with E-state index in [4.69, 9.17) is 9.47 Å². The molecule has 1 saturated carbocycles. The minimum absolute atomic E-state index is 0.00991. The Morgan fingerprint density at radius 3 is 1.67 bits per heavy atom. The number of hydrogen-bond donors (Lipinski definition) is 4. The number of halogens is 3. The number of rotatable bonds is 19. The first kappa shape index (κ1) is 91.0. The Morgan fingerprint density at radius 1 is 0.577 bits per heavy atom. The van der Waals surface area contributed by atoms with Crippen LogP contribution in [0.3, 0.4) is 0 Å². The molecule has 1 aliphatic carbocycles. The van der Waals surface area contributed by atoms with Crippen molar-refractivity contribution in [2.75, 3.05) is 116 Å². The number of carbonyl (C=O) groups excluding carboxylic acids is 13. The van der Waals surface area contributed by atoms with E-state index in [-0.39, 0.29) is 88.3 Å². The molecule has 4 N–H and O–H groups in total. The van der Waals surface area contributed by atoms with E-state index < -0.39 is 187 Å². The van der Waals surface area contributed by atoms with Gasteiger partial charge in [-0.2, -0.15) is 13.2 Å². The molecule has 2 heterocycles. The lowest BCUT2D eigenvalue weighted by Gasteiger charge is -2.40. The van der Waals surface area contributed by atoms with Crippen LogP contribution in [0.4, 0.5) is 13.2 Å². The van der Waals surface area contributed by atoms with E-state index in [1.165, 1.54) is 75.1 Å². The van der Waals surface area contributed by atoms with Gasteiger partial charge in [0, 0.05) is 81.6 Å². The third-order valence-electron chi connectivity index (χ3n) is 20.0. The number of alkyl halides is 3. The topological polar surface area (TPSA) is 318 Å². The van der Waals surface area contributed by atoms with Gasteiger partial charge in [0.25, 0.3) is 0 Å². The van der Waals surface area contributed by atoms with Gasteiger partial charge in [-0.25, -0.2) is 0 Å². The van der Waals surface area contributed by atoms with E-state index in [2.05, 4.69) is 21.3 Å². The van der Waals surface area contributed by atoms with Crippen molar-refractivity contribution in [1.29, 1.82) is 0 Å². The van der Waals surface area contributed by atoms with Gasteiger partial charge >= 0.3 is 6.18 Å². The first-order valence-electron chi connectivity index (χ1n) is 36.9. The normalized spacial score (nSPS) is 25.6. The molecule has 0 aromatic rings. The van der Waals surface area contributed by atoms with Crippen molar-refractivity contribution in [2.45, 2.75) is 239 Å². The van der Waals surface area contributed by atoms with Gasteiger partial charge in [0.15, 0.2) is 0 Å². The van der Waals surface area contributed by atoms with Crippen molar-refractivity contribution in [1.82, 2.24) is 65.4 Å². The van der Waals surface area contributed by atoms with Crippen LogP contribution in [0.1, 0.15) is 180 Å². The molecular weight excluding hydrogens is 1360 g/mol. The Morgan fingerprint density at radius 2 is 1.12 bits per heavy atom. The average molecular weight is 1480 g/mol. The third kappa shape index (κ3) is 27.9. The van der Waals surface area contributed by atoms with Gasteiger partial charge < -0.3 is 74.8 Å². The van der Waals surface area contributed by atoms with Crippen LogP contribution >= 0.6 is 0 Å². The summed E-state index contributed by atoms with van der Waals surface area (Å²) in [6.45, 7) is 19.9. The lowest BCUT2D eigenvalue weighted by Crippen LogP contribution is -2.64. The number of likely N-dealkylation sites (tertiary alicyclic amines) is 1. The first-order valence-corrected chi connectivity index (χ1v) is 36.9. The number of nitrogens with one attached hydrogen (secondary N) is 4. The van der Waals surface area contributed by atoms with Crippen LogP contribution in [-0.2, 0) is 71.8 Å². The van der Waals surface area contributed by atoms with Crippen LogP contribution in [0.5, 0.6) is 0 Å². The Balaban J connectivity index is 2.36. The number of nitrogens with zero attached hydrogens (tertiary/aromatic N) is 9. The molecule has 0 radical (unpaired) electrons. The average Bonchev–Trinajstić information content (AvgIpc) is 0.803. The second kappa shape index (κ2) is 41.1. The lowest BCUT2D eigenvalue weighted by molar-refractivity contribution is -0.184. The zero-order valence-corrected chi connectivity index (χ0v) is 66.1. The molecule has 3 fully saturated rings. The van der Waals surface area contributed by atoms with E-state index in [1.54, 1.807) is 39.5 Å². The van der Waals surface area contributed by atoms with Crippen LogP contribution < -0.4 is 21.3 Å². The molecule has 104 heavy (non-hydrogen) atoms. The number of ether oxygens (including phenoxy) is 2. The SMILES string of the molecule is CC[C@H](C)[C@@H]1NC(=O)[C@H](CC(C)C)N(C)C(=O)C[C@@H](C(=O)N2CCCCC2)N(C)C(=O)[C@H](CC(C)C)N(C)C(=O)C(C)(C)NC(=O)[C@H](COCC(=O)NC(C)(C)C)N(C)C(=O)[C@H](CCC2CCC(C(F)(F)F)CC2)NC(=O)CN(C)C(=O)[C@H](COCCC(C)C)N(C)C(=O)CN(C)C(=O)CN(C)C1=O. The number of amides is 13. The molecule has 0 aromatic carbocycles. The van der Waals surface area contributed by atoms with Crippen molar-refractivity contribution in [2.24, 2.45) is 35.5 Å².